The van der Waals surface area contributed by atoms with Gasteiger partial charge in [-0.15, -0.1) is 0 Å². The van der Waals surface area contributed by atoms with Gasteiger partial charge in [-0.3, -0.25) is 0 Å². The van der Waals surface area contributed by atoms with E-state index >= 15 is 0 Å². The molecule has 0 aliphatic rings. The summed E-state index contributed by atoms with van der Waals surface area (Å²) in [4.78, 5) is 9.37. The molecule has 0 fully saturated rings. The van der Waals surface area contributed by atoms with Crippen LogP contribution >= 0.6 is 0 Å². The molecule has 0 amide bonds. The van der Waals surface area contributed by atoms with Crippen molar-refractivity contribution in [3.05, 3.63) is 22.8 Å². The molecule has 0 aliphatic carbocycles. The van der Waals surface area contributed by atoms with Crippen LogP contribution in [0.5, 0.6) is 0 Å². The smallest absolute Gasteiger partial charge is 0.154 e. The van der Waals surface area contributed by atoms with E-state index in [0.717, 1.165) is 38.2 Å². The van der Waals surface area contributed by atoms with Gasteiger partial charge >= 0.3 is 0 Å². The van der Waals surface area contributed by atoms with Crippen molar-refractivity contribution in [3.63, 3.8) is 0 Å². The highest BCUT2D eigenvalue weighted by molar-refractivity contribution is 5.27. The normalized spacial score (nSPS) is 11.3. The van der Waals surface area contributed by atoms with Gasteiger partial charge in [0, 0.05) is 18.0 Å². The van der Waals surface area contributed by atoms with Crippen LogP contribution in [0, 0.1) is 5.92 Å². The van der Waals surface area contributed by atoms with E-state index in [4.69, 9.17) is 4.74 Å². The predicted octanol–water partition coefficient (Wildman–Crippen LogP) is 2.93. The van der Waals surface area contributed by atoms with Crippen LogP contribution in [0.4, 0.5) is 0 Å². The van der Waals surface area contributed by atoms with E-state index in [1.807, 2.05) is 6.92 Å². The van der Waals surface area contributed by atoms with Crippen LogP contribution in [-0.4, -0.2) is 29.7 Å². The van der Waals surface area contributed by atoms with Crippen LogP contribution in [0.1, 0.15) is 57.4 Å². The second kappa shape index (κ2) is 9.85. The van der Waals surface area contributed by atoms with Gasteiger partial charge in [-0.2, -0.15) is 0 Å². The van der Waals surface area contributed by atoms with E-state index in [-0.39, 0.29) is 0 Å². The van der Waals surface area contributed by atoms with Gasteiger partial charge in [0.15, 0.2) is 5.82 Å². The molecule has 1 rings (SSSR count). The van der Waals surface area contributed by atoms with Gasteiger partial charge in [-0.1, -0.05) is 27.7 Å². The standard InChI is InChI=1S/C17H31N3O/c1-6-15-14(9-10-18-11-13(4)5)16(7-2)20-17(19-15)12-21-8-3/h13,18H,6-12H2,1-5H3. The van der Waals surface area contributed by atoms with Gasteiger partial charge in [0.25, 0.3) is 0 Å². The maximum absolute atomic E-state index is 5.45. The van der Waals surface area contributed by atoms with Gasteiger partial charge in [-0.05, 0) is 50.8 Å². The minimum absolute atomic E-state index is 0.516. The first-order chi connectivity index (χ1) is 10.1. The second-order valence-electron chi connectivity index (χ2n) is 5.70. The second-order valence-corrected chi connectivity index (χ2v) is 5.70. The fourth-order valence-corrected chi connectivity index (χ4v) is 2.37. The van der Waals surface area contributed by atoms with E-state index in [1.54, 1.807) is 0 Å². The molecule has 0 spiro atoms. The van der Waals surface area contributed by atoms with Crippen molar-refractivity contribution in [2.24, 2.45) is 5.92 Å². The first-order valence-corrected chi connectivity index (χ1v) is 8.28. The number of hydrogen-bond donors (Lipinski definition) is 1. The fraction of sp³-hybridized carbons (Fsp3) is 0.765. The third-order valence-corrected chi connectivity index (χ3v) is 3.43. The molecule has 1 heterocycles. The molecule has 0 radical (unpaired) electrons. The van der Waals surface area contributed by atoms with Gasteiger partial charge in [-0.25, -0.2) is 9.97 Å². The topological polar surface area (TPSA) is 47.0 Å². The molecule has 0 aliphatic heterocycles. The molecule has 0 bridgehead atoms. The number of aromatic nitrogens is 2. The Morgan fingerprint density at radius 1 is 1.05 bits per heavy atom. The van der Waals surface area contributed by atoms with Crippen molar-refractivity contribution in [1.82, 2.24) is 15.3 Å². The summed E-state index contributed by atoms with van der Waals surface area (Å²) < 4.78 is 5.45. The highest BCUT2D eigenvalue weighted by Gasteiger charge is 2.12. The molecule has 0 saturated carbocycles. The van der Waals surface area contributed by atoms with E-state index in [1.165, 1.54) is 17.0 Å². The van der Waals surface area contributed by atoms with Crippen LogP contribution in [-0.2, 0) is 30.6 Å². The van der Waals surface area contributed by atoms with Crippen LogP contribution in [0.15, 0.2) is 0 Å². The molecule has 0 atom stereocenters. The molecule has 1 aromatic heterocycles. The highest BCUT2D eigenvalue weighted by atomic mass is 16.5. The summed E-state index contributed by atoms with van der Waals surface area (Å²) in [7, 11) is 0. The van der Waals surface area contributed by atoms with E-state index < -0.39 is 0 Å². The summed E-state index contributed by atoms with van der Waals surface area (Å²) in [5.74, 6) is 1.51. The molecule has 4 nitrogen and oxygen atoms in total. The maximum atomic E-state index is 5.45. The lowest BCUT2D eigenvalue weighted by atomic mass is 10.0. The van der Waals surface area contributed by atoms with E-state index in [0.29, 0.717) is 19.1 Å². The SMILES string of the molecule is CCOCc1nc(CC)c(CCNCC(C)C)c(CC)n1. The zero-order valence-electron chi connectivity index (χ0n) is 14.3. The summed E-state index contributed by atoms with van der Waals surface area (Å²) in [6.45, 7) is 14.1. The average molecular weight is 293 g/mol. The molecular weight excluding hydrogens is 262 g/mol. The first-order valence-electron chi connectivity index (χ1n) is 8.28. The van der Waals surface area contributed by atoms with Gasteiger partial charge in [0.05, 0.1) is 0 Å². The molecule has 0 saturated heterocycles. The van der Waals surface area contributed by atoms with Gasteiger partial charge < -0.3 is 10.1 Å². The third-order valence-electron chi connectivity index (χ3n) is 3.43. The van der Waals surface area contributed by atoms with Crippen LogP contribution < -0.4 is 5.32 Å². The van der Waals surface area contributed by atoms with Crippen molar-refractivity contribution >= 4 is 0 Å². The van der Waals surface area contributed by atoms with Crippen LogP contribution in [0.3, 0.4) is 0 Å². The van der Waals surface area contributed by atoms with E-state index in [2.05, 4.69) is 43.0 Å². The Labute approximate surface area is 129 Å². The summed E-state index contributed by atoms with van der Waals surface area (Å²) in [6, 6.07) is 0. The Hall–Kier alpha value is -1.00. The Balaban J connectivity index is 2.80. The Bertz CT molecular complexity index is 393. The fourth-order valence-electron chi connectivity index (χ4n) is 2.37. The first kappa shape index (κ1) is 18.1. The zero-order chi connectivity index (χ0) is 15.7. The van der Waals surface area contributed by atoms with E-state index in [9.17, 15) is 0 Å². The molecule has 21 heavy (non-hydrogen) atoms. The monoisotopic (exact) mass is 293 g/mol. The summed E-state index contributed by atoms with van der Waals surface area (Å²) >= 11 is 0. The molecule has 0 unspecified atom stereocenters. The lowest BCUT2D eigenvalue weighted by Crippen LogP contribution is -2.23. The van der Waals surface area contributed by atoms with Crippen LogP contribution in [0.2, 0.25) is 0 Å². The highest BCUT2D eigenvalue weighted by Crippen LogP contribution is 2.15. The molecule has 4 heteroatoms. The third kappa shape index (κ3) is 6.10. The van der Waals surface area contributed by atoms with Crippen molar-refractivity contribution in [3.8, 4) is 0 Å². The molecule has 1 N–H and O–H groups in total. The summed E-state index contributed by atoms with van der Waals surface area (Å²) in [5, 5.41) is 3.50. The molecule has 0 aromatic carbocycles. The van der Waals surface area contributed by atoms with Gasteiger partial charge in [0.1, 0.15) is 6.61 Å². The van der Waals surface area contributed by atoms with Crippen molar-refractivity contribution < 1.29 is 4.74 Å². The minimum atomic E-state index is 0.516. The molecule has 120 valence electrons. The zero-order valence-corrected chi connectivity index (χ0v) is 14.3. The van der Waals surface area contributed by atoms with Crippen molar-refractivity contribution in [2.75, 3.05) is 19.7 Å². The number of ether oxygens (including phenoxy) is 1. The lowest BCUT2D eigenvalue weighted by Gasteiger charge is -2.15. The van der Waals surface area contributed by atoms with Gasteiger partial charge in [0.2, 0.25) is 0 Å². The number of hydrogen-bond acceptors (Lipinski definition) is 4. The predicted molar refractivity (Wildman–Crippen MR) is 87.5 cm³/mol. The Morgan fingerprint density at radius 2 is 1.67 bits per heavy atom. The molecule has 1 aromatic rings. The Morgan fingerprint density at radius 3 is 2.14 bits per heavy atom. The van der Waals surface area contributed by atoms with Crippen molar-refractivity contribution in [2.45, 2.75) is 60.5 Å². The Kier molecular flexibility index (Phi) is 8.47. The quantitative estimate of drug-likeness (QED) is 0.674. The number of aryl methyl sites for hydroxylation is 2. The largest absolute Gasteiger partial charge is 0.374 e. The summed E-state index contributed by atoms with van der Waals surface area (Å²) in [6.07, 6.45) is 2.91. The number of rotatable bonds is 10. The van der Waals surface area contributed by atoms with Crippen LogP contribution in [0.25, 0.3) is 0 Å². The van der Waals surface area contributed by atoms with Crippen molar-refractivity contribution in [1.29, 1.82) is 0 Å². The average Bonchev–Trinajstić information content (AvgIpc) is 2.49. The number of nitrogens with one attached hydrogen (secondary N) is 1. The minimum Gasteiger partial charge on any atom is -0.374 e. The summed E-state index contributed by atoms with van der Waals surface area (Å²) in [5.41, 5.74) is 3.70. The number of nitrogens with zero attached hydrogens (tertiary/aromatic N) is 2. The molecular formula is C17H31N3O. The maximum Gasteiger partial charge on any atom is 0.154 e. The lowest BCUT2D eigenvalue weighted by molar-refractivity contribution is 0.128.